The van der Waals surface area contributed by atoms with Crippen molar-refractivity contribution in [2.24, 2.45) is 0 Å². The molecule has 24 heavy (non-hydrogen) atoms. The third-order valence-electron chi connectivity index (χ3n) is 3.64. The molecule has 1 aliphatic rings. The molecule has 3 amide bonds. The van der Waals surface area contributed by atoms with E-state index in [1.807, 2.05) is 0 Å². The van der Waals surface area contributed by atoms with Gasteiger partial charge in [-0.1, -0.05) is 41.4 Å². The van der Waals surface area contributed by atoms with Gasteiger partial charge in [0.2, 0.25) is 11.8 Å². The molecule has 0 spiro atoms. The highest BCUT2D eigenvalue weighted by molar-refractivity contribution is 6.42. The molecule has 1 heterocycles. The number of anilines is 1. The van der Waals surface area contributed by atoms with Crippen LogP contribution in [0.15, 0.2) is 42.5 Å². The summed E-state index contributed by atoms with van der Waals surface area (Å²) in [4.78, 5) is 37.6. The Bertz CT molecular complexity index is 851. The quantitative estimate of drug-likeness (QED) is 0.852. The van der Waals surface area contributed by atoms with E-state index < -0.39 is 17.7 Å². The van der Waals surface area contributed by atoms with Gasteiger partial charge in [0.25, 0.3) is 5.91 Å². The lowest BCUT2D eigenvalue weighted by Crippen LogP contribution is -2.46. The summed E-state index contributed by atoms with van der Waals surface area (Å²) in [5, 5.41) is 3.26. The van der Waals surface area contributed by atoms with Gasteiger partial charge in [0.1, 0.15) is 6.54 Å². The molecule has 122 valence electrons. The Morgan fingerprint density at radius 2 is 1.83 bits per heavy atom. The molecule has 2 aromatic carbocycles. The molecule has 0 atom stereocenters. The maximum atomic E-state index is 12.4. The van der Waals surface area contributed by atoms with Crippen molar-refractivity contribution in [1.29, 1.82) is 0 Å². The zero-order valence-corrected chi connectivity index (χ0v) is 13.9. The molecule has 1 aliphatic heterocycles. The lowest BCUT2D eigenvalue weighted by atomic mass is 9.98. The van der Waals surface area contributed by atoms with Crippen LogP contribution in [0.4, 0.5) is 5.69 Å². The summed E-state index contributed by atoms with van der Waals surface area (Å²) >= 11 is 11.7. The number of benzene rings is 2. The lowest BCUT2D eigenvalue weighted by molar-refractivity contribution is -0.131. The van der Waals surface area contributed by atoms with Gasteiger partial charge in [0, 0.05) is 11.3 Å². The molecule has 7 heteroatoms. The summed E-state index contributed by atoms with van der Waals surface area (Å²) in [6.45, 7) is -0.355. The van der Waals surface area contributed by atoms with Crippen LogP contribution in [-0.2, 0) is 16.0 Å². The number of nitrogens with zero attached hydrogens (tertiary/aromatic N) is 1. The molecule has 0 unspecified atom stereocenters. The van der Waals surface area contributed by atoms with Gasteiger partial charge in [-0.05, 0) is 29.8 Å². The Balaban J connectivity index is 1.73. The maximum Gasteiger partial charge on any atom is 0.261 e. The van der Waals surface area contributed by atoms with E-state index in [2.05, 4.69) is 5.32 Å². The number of hydrogen-bond donors (Lipinski definition) is 1. The minimum atomic E-state index is -0.491. The van der Waals surface area contributed by atoms with E-state index in [0.29, 0.717) is 26.9 Å². The molecular formula is C17H12Cl2N2O3. The fraction of sp³-hybridized carbons (Fsp3) is 0.118. The Labute approximate surface area is 148 Å². The van der Waals surface area contributed by atoms with Gasteiger partial charge in [0.15, 0.2) is 0 Å². The van der Waals surface area contributed by atoms with E-state index in [-0.39, 0.29) is 13.0 Å². The van der Waals surface area contributed by atoms with Crippen LogP contribution in [0.2, 0.25) is 10.0 Å². The highest BCUT2D eigenvalue weighted by Gasteiger charge is 2.31. The Morgan fingerprint density at radius 3 is 2.58 bits per heavy atom. The molecule has 0 fully saturated rings. The van der Waals surface area contributed by atoms with Gasteiger partial charge >= 0.3 is 0 Å². The van der Waals surface area contributed by atoms with E-state index in [0.717, 1.165) is 4.90 Å². The summed E-state index contributed by atoms with van der Waals surface area (Å²) in [6, 6.07) is 11.5. The number of rotatable bonds is 3. The Kier molecular flexibility index (Phi) is 4.55. The van der Waals surface area contributed by atoms with Crippen LogP contribution in [0.25, 0.3) is 0 Å². The first-order valence-electron chi connectivity index (χ1n) is 7.13. The fourth-order valence-corrected chi connectivity index (χ4v) is 2.78. The Morgan fingerprint density at radius 1 is 1.08 bits per heavy atom. The zero-order valence-electron chi connectivity index (χ0n) is 12.4. The summed E-state index contributed by atoms with van der Waals surface area (Å²) < 4.78 is 0. The third-order valence-corrected chi connectivity index (χ3v) is 4.38. The monoisotopic (exact) mass is 362 g/mol. The van der Waals surface area contributed by atoms with E-state index in [9.17, 15) is 14.4 Å². The number of halogens is 2. The van der Waals surface area contributed by atoms with Crippen LogP contribution in [0, 0.1) is 0 Å². The van der Waals surface area contributed by atoms with Gasteiger partial charge in [-0.2, -0.15) is 0 Å². The van der Waals surface area contributed by atoms with Crippen LogP contribution in [0.3, 0.4) is 0 Å². The molecule has 0 aliphatic carbocycles. The van der Waals surface area contributed by atoms with Crippen molar-refractivity contribution in [2.45, 2.75) is 6.42 Å². The van der Waals surface area contributed by atoms with Gasteiger partial charge in [-0.15, -0.1) is 0 Å². The van der Waals surface area contributed by atoms with Crippen molar-refractivity contribution in [2.75, 3.05) is 11.9 Å². The van der Waals surface area contributed by atoms with Gasteiger partial charge in [-0.25, -0.2) is 0 Å². The van der Waals surface area contributed by atoms with E-state index in [1.54, 1.807) is 36.4 Å². The SMILES string of the molecule is O=C(CN1C(=O)Cc2ccccc2C1=O)Nc1ccc(Cl)c(Cl)c1. The fourth-order valence-electron chi connectivity index (χ4n) is 2.48. The van der Waals surface area contributed by atoms with Gasteiger partial charge in [0.05, 0.1) is 16.5 Å². The molecule has 0 aromatic heterocycles. The second-order valence-corrected chi connectivity index (χ2v) is 6.11. The zero-order chi connectivity index (χ0) is 17.3. The summed E-state index contributed by atoms with van der Waals surface area (Å²) in [5.41, 5.74) is 1.56. The summed E-state index contributed by atoms with van der Waals surface area (Å²) in [7, 11) is 0. The first-order valence-corrected chi connectivity index (χ1v) is 7.89. The van der Waals surface area contributed by atoms with Crippen molar-refractivity contribution in [3.8, 4) is 0 Å². The van der Waals surface area contributed by atoms with Crippen molar-refractivity contribution in [3.63, 3.8) is 0 Å². The average molecular weight is 363 g/mol. The standard InChI is InChI=1S/C17H12Cl2N2O3/c18-13-6-5-11(8-14(13)19)20-15(22)9-21-16(23)7-10-3-1-2-4-12(10)17(21)24/h1-6,8H,7,9H2,(H,20,22). The van der Waals surface area contributed by atoms with Crippen molar-refractivity contribution < 1.29 is 14.4 Å². The molecule has 2 aromatic rings. The lowest BCUT2D eigenvalue weighted by Gasteiger charge is -2.26. The highest BCUT2D eigenvalue weighted by Crippen LogP contribution is 2.25. The number of amides is 3. The average Bonchev–Trinajstić information content (AvgIpc) is 2.55. The normalized spacial score (nSPS) is 13.7. The smallest absolute Gasteiger partial charge is 0.261 e. The second kappa shape index (κ2) is 6.63. The number of carbonyl (C=O) groups is 3. The van der Waals surface area contributed by atoms with Crippen molar-refractivity contribution in [1.82, 2.24) is 4.90 Å². The first kappa shape index (κ1) is 16.5. The minimum Gasteiger partial charge on any atom is -0.324 e. The minimum absolute atomic E-state index is 0.0992. The molecule has 1 N–H and O–H groups in total. The van der Waals surface area contributed by atoms with Crippen molar-refractivity contribution >= 4 is 46.6 Å². The molecule has 5 nitrogen and oxygen atoms in total. The molecule has 0 radical (unpaired) electrons. The topological polar surface area (TPSA) is 66.5 Å². The molecule has 0 saturated carbocycles. The van der Waals surface area contributed by atoms with E-state index in [4.69, 9.17) is 23.2 Å². The van der Waals surface area contributed by atoms with Crippen LogP contribution in [0.5, 0.6) is 0 Å². The number of nitrogens with one attached hydrogen (secondary N) is 1. The predicted molar refractivity (Wildman–Crippen MR) is 91.3 cm³/mol. The third kappa shape index (κ3) is 3.27. The summed E-state index contributed by atoms with van der Waals surface area (Å²) in [5.74, 6) is -1.36. The van der Waals surface area contributed by atoms with Gasteiger partial charge < -0.3 is 5.32 Å². The van der Waals surface area contributed by atoms with Crippen LogP contribution >= 0.6 is 23.2 Å². The largest absolute Gasteiger partial charge is 0.324 e. The maximum absolute atomic E-state index is 12.4. The first-order chi connectivity index (χ1) is 11.5. The second-order valence-electron chi connectivity index (χ2n) is 5.30. The van der Waals surface area contributed by atoms with E-state index >= 15 is 0 Å². The van der Waals surface area contributed by atoms with Gasteiger partial charge in [-0.3, -0.25) is 19.3 Å². The van der Waals surface area contributed by atoms with Crippen LogP contribution in [0.1, 0.15) is 15.9 Å². The predicted octanol–water partition coefficient (Wildman–Crippen LogP) is 3.16. The molecule has 3 rings (SSSR count). The highest BCUT2D eigenvalue weighted by atomic mass is 35.5. The Hall–Kier alpha value is -2.37. The molecule has 0 bridgehead atoms. The molecular weight excluding hydrogens is 351 g/mol. The number of carbonyl (C=O) groups excluding carboxylic acids is 3. The van der Waals surface area contributed by atoms with E-state index in [1.165, 1.54) is 6.07 Å². The number of imide groups is 1. The van der Waals surface area contributed by atoms with Crippen LogP contribution in [-0.4, -0.2) is 29.2 Å². The van der Waals surface area contributed by atoms with Crippen molar-refractivity contribution in [3.05, 3.63) is 63.6 Å². The number of fused-ring (bicyclic) bond motifs is 1. The number of hydrogen-bond acceptors (Lipinski definition) is 3. The summed E-state index contributed by atoms with van der Waals surface area (Å²) in [6.07, 6.45) is 0.0992. The molecule has 0 saturated heterocycles. The van der Waals surface area contributed by atoms with Crippen LogP contribution < -0.4 is 5.32 Å².